The van der Waals surface area contributed by atoms with E-state index in [0.717, 1.165) is 43.7 Å². The molecule has 1 aliphatic rings. The highest BCUT2D eigenvalue weighted by Gasteiger charge is 2.19. The zero-order valence-electron chi connectivity index (χ0n) is 14.0. The third-order valence-corrected chi connectivity index (χ3v) is 5.83. The number of rotatable bonds is 5. The summed E-state index contributed by atoms with van der Waals surface area (Å²) in [6.45, 7) is 6.04. The third kappa shape index (κ3) is 3.96. The minimum Gasteiger partial charge on any atom is -0.381 e. The number of aryl methyl sites for hydroxylation is 2. The summed E-state index contributed by atoms with van der Waals surface area (Å²) >= 11 is 0. The monoisotopic (exact) mass is 349 g/mol. The molecule has 6 nitrogen and oxygen atoms in total. The predicted octanol–water partition coefficient (Wildman–Crippen LogP) is 2.73. The molecule has 0 atom stereocenters. The molecule has 24 heavy (non-hydrogen) atoms. The second-order valence-electron chi connectivity index (χ2n) is 6.38. The minimum absolute atomic E-state index is 0.305. The van der Waals surface area contributed by atoms with Crippen molar-refractivity contribution in [2.24, 2.45) is 5.92 Å². The average molecular weight is 349 g/mol. The van der Waals surface area contributed by atoms with Crippen molar-refractivity contribution in [3.05, 3.63) is 41.7 Å². The van der Waals surface area contributed by atoms with Gasteiger partial charge in [-0.1, -0.05) is 12.1 Å². The molecule has 0 unspecified atom stereocenters. The van der Waals surface area contributed by atoms with Crippen LogP contribution in [0.3, 0.4) is 0 Å². The molecule has 0 spiro atoms. The fourth-order valence-corrected chi connectivity index (χ4v) is 4.28. The normalized spacial score (nSPS) is 16.2. The van der Waals surface area contributed by atoms with Gasteiger partial charge in [0.1, 0.15) is 0 Å². The maximum absolute atomic E-state index is 12.6. The predicted molar refractivity (Wildman–Crippen MR) is 92.5 cm³/mol. The summed E-state index contributed by atoms with van der Waals surface area (Å²) in [6.07, 6.45) is 5.34. The molecule has 2 aromatic rings. The van der Waals surface area contributed by atoms with Gasteiger partial charge in [0.2, 0.25) is 0 Å². The van der Waals surface area contributed by atoms with Crippen LogP contribution in [0.15, 0.2) is 35.5 Å². The first-order valence-electron chi connectivity index (χ1n) is 8.14. The average Bonchev–Trinajstić information content (AvgIpc) is 2.97. The summed E-state index contributed by atoms with van der Waals surface area (Å²) < 4.78 is 35.0. The van der Waals surface area contributed by atoms with Crippen molar-refractivity contribution >= 4 is 15.7 Å². The van der Waals surface area contributed by atoms with Crippen LogP contribution in [0.1, 0.15) is 24.0 Å². The van der Waals surface area contributed by atoms with Gasteiger partial charge in [-0.2, -0.15) is 5.10 Å². The van der Waals surface area contributed by atoms with E-state index in [9.17, 15) is 8.42 Å². The molecule has 0 radical (unpaired) electrons. The van der Waals surface area contributed by atoms with Crippen molar-refractivity contribution in [2.75, 3.05) is 17.9 Å². The topological polar surface area (TPSA) is 73.2 Å². The highest BCUT2D eigenvalue weighted by Crippen LogP contribution is 2.21. The molecule has 3 rings (SSSR count). The van der Waals surface area contributed by atoms with Crippen LogP contribution in [0.2, 0.25) is 0 Å². The van der Waals surface area contributed by atoms with Gasteiger partial charge in [0.15, 0.2) is 0 Å². The second-order valence-corrected chi connectivity index (χ2v) is 8.03. The Hall–Kier alpha value is -1.86. The first kappa shape index (κ1) is 17.0. The molecule has 1 saturated heterocycles. The molecular formula is C17H23N3O3S. The van der Waals surface area contributed by atoms with Crippen LogP contribution in [0.5, 0.6) is 0 Å². The number of benzene rings is 1. The molecule has 1 aromatic heterocycles. The van der Waals surface area contributed by atoms with E-state index in [2.05, 4.69) is 9.82 Å². The molecule has 130 valence electrons. The smallest absolute Gasteiger partial charge is 0.262 e. The number of aromatic nitrogens is 2. The molecule has 1 aromatic carbocycles. The standard InChI is InChI=1S/C17H23N3O3S/c1-13-3-4-14(2)17(9-13)24(21,22)19-16-10-18-20(12-16)11-15-5-7-23-8-6-15/h3-4,9-10,12,15,19H,5-8,11H2,1-2H3. The highest BCUT2D eigenvalue weighted by molar-refractivity contribution is 7.92. The maximum Gasteiger partial charge on any atom is 0.262 e. The molecule has 1 aliphatic heterocycles. The molecule has 1 fully saturated rings. The molecule has 1 N–H and O–H groups in total. The Morgan fingerprint density at radius 3 is 2.79 bits per heavy atom. The number of nitrogens with zero attached hydrogens (tertiary/aromatic N) is 2. The second kappa shape index (κ2) is 6.94. The Balaban J connectivity index is 1.72. The largest absolute Gasteiger partial charge is 0.381 e. The maximum atomic E-state index is 12.6. The Morgan fingerprint density at radius 2 is 2.04 bits per heavy atom. The number of hydrogen-bond donors (Lipinski definition) is 1. The van der Waals surface area contributed by atoms with Gasteiger partial charge < -0.3 is 4.74 Å². The van der Waals surface area contributed by atoms with Crippen LogP contribution >= 0.6 is 0 Å². The van der Waals surface area contributed by atoms with E-state index in [1.807, 2.05) is 19.1 Å². The molecule has 0 amide bonds. The lowest BCUT2D eigenvalue weighted by molar-refractivity contribution is 0.0601. The minimum atomic E-state index is -3.61. The quantitative estimate of drug-likeness (QED) is 0.901. The van der Waals surface area contributed by atoms with Crippen molar-refractivity contribution in [3.8, 4) is 0 Å². The zero-order valence-corrected chi connectivity index (χ0v) is 14.8. The van der Waals surface area contributed by atoms with E-state index in [1.54, 1.807) is 30.1 Å². The number of hydrogen-bond acceptors (Lipinski definition) is 4. The summed E-state index contributed by atoms with van der Waals surface area (Å²) in [6, 6.07) is 5.41. The Labute approximate surface area is 142 Å². The highest BCUT2D eigenvalue weighted by atomic mass is 32.2. The van der Waals surface area contributed by atoms with Gasteiger partial charge in [-0.05, 0) is 49.8 Å². The number of anilines is 1. The van der Waals surface area contributed by atoms with Crippen LogP contribution in [0.4, 0.5) is 5.69 Å². The lowest BCUT2D eigenvalue weighted by atomic mass is 10.0. The Bertz CT molecular complexity index is 808. The lowest BCUT2D eigenvalue weighted by Gasteiger charge is -2.21. The fraction of sp³-hybridized carbons (Fsp3) is 0.471. The first-order chi connectivity index (χ1) is 11.4. The van der Waals surface area contributed by atoms with Crippen molar-refractivity contribution in [1.82, 2.24) is 9.78 Å². The lowest BCUT2D eigenvalue weighted by Crippen LogP contribution is -2.20. The van der Waals surface area contributed by atoms with Gasteiger partial charge in [-0.3, -0.25) is 9.40 Å². The fourth-order valence-electron chi connectivity index (χ4n) is 2.92. The Kier molecular flexibility index (Phi) is 4.91. The van der Waals surface area contributed by atoms with Gasteiger partial charge in [-0.15, -0.1) is 0 Å². The molecule has 7 heteroatoms. The van der Waals surface area contributed by atoms with Gasteiger partial charge >= 0.3 is 0 Å². The summed E-state index contributed by atoms with van der Waals surface area (Å²) in [4.78, 5) is 0.305. The van der Waals surface area contributed by atoms with E-state index < -0.39 is 10.0 Å². The van der Waals surface area contributed by atoms with E-state index in [0.29, 0.717) is 16.5 Å². The SMILES string of the molecule is Cc1ccc(C)c(S(=O)(=O)Nc2cnn(CC3CCOCC3)c2)c1. The molecule has 0 aliphatic carbocycles. The van der Waals surface area contributed by atoms with E-state index in [1.165, 1.54) is 0 Å². The van der Waals surface area contributed by atoms with Gasteiger partial charge in [-0.25, -0.2) is 8.42 Å². The van der Waals surface area contributed by atoms with Crippen LogP contribution in [-0.2, 0) is 21.3 Å². The van der Waals surface area contributed by atoms with Crippen LogP contribution in [-0.4, -0.2) is 31.4 Å². The summed E-state index contributed by atoms with van der Waals surface area (Å²) in [5, 5.41) is 4.28. The van der Waals surface area contributed by atoms with Crippen molar-refractivity contribution in [3.63, 3.8) is 0 Å². The van der Waals surface area contributed by atoms with Crippen LogP contribution in [0, 0.1) is 19.8 Å². The van der Waals surface area contributed by atoms with Crippen molar-refractivity contribution < 1.29 is 13.2 Å². The summed E-state index contributed by atoms with van der Waals surface area (Å²) in [7, 11) is -3.61. The van der Waals surface area contributed by atoms with E-state index in [4.69, 9.17) is 4.74 Å². The molecule has 2 heterocycles. The van der Waals surface area contributed by atoms with Gasteiger partial charge in [0, 0.05) is 26.0 Å². The number of ether oxygens (including phenoxy) is 1. The molecule has 0 saturated carbocycles. The first-order valence-corrected chi connectivity index (χ1v) is 9.62. The van der Waals surface area contributed by atoms with Crippen molar-refractivity contribution in [1.29, 1.82) is 0 Å². The molecular weight excluding hydrogens is 326 g/mol. The van der Waals surface area contributed by atoms with E-state index >= 15 is 0 Å². The van der Waals surface area contributed by atoms with Crippen LogP contribution < -0.4 is 4.72 Å². The zero-order chi connectivity index (χ0) is 17.2. The summed E-state index contributed by atoms with van der Waals surface area (Å²) in [5.41, 5.74) is 2.13. The molecule has 0 bridgehead atoms. The summed E-state index contributed by atoms with van der Waals surface area (Å²) in [5.74, 6) is 0.530. The van der Waals surface area contributed by atoms with E-state index in [-0.39, 0.29) is 0 Å². The van der Waals surface area contributed by atoms with Crippen molar-refractivity contribution in [2.45, 2.75) is 38.1 Å². The van der Waals surface area contributed by atoms with Gasteiger partial charge in [0.25, 0.3) is 10.0 Å². The number of sulfonamides is 1. The van der Waals surface area contributed by atoms with Crippen LogP contribution in [0.25, 0.3) is 0 Å². The third-order valence-electron chi connectivity index (χ3n) is 4.30. The number of nitrogens with one attached hydrogen (secondary N) is 1. The van der Waals surface area contributed by atoms with Gasteiger partial charge in [0.05, 0.1) is 16.8 Å². The Morgan fingerprint density at radius 1 is 1.29 bits per heavy atom.